The molecule has 0 aliphatic rings. The summed E-state index contributed by atoms with van der Waals surface area (Å²) in [6.45, 7) is 5.42. The number of benzene rings is 1. The predicted octanol–water partition coefficient (Wildman–Crippen LogP) is 3.07. The van der Waals surface area contributed by atoms with Gasteiger partial charge in [0.15, 0.2) is 0 Å². The molecule has 1 aromatic carbocycles. The van der Waals surface area contributed by atoms with Gasteiger partial charge in [0.25, 0.3) is 0 Å². The zero-order chi connectivity index (χ0) is 14.4. The lowest BCUT2D eigenvalue weighted by molar-refractivity contribution is -0.124. The number of hydrogen-bond acceptors (Lipinski definition) is 3. The van der Waals surface area contributed by atoms with Gasteiger partial charge in [0.05, 0.1) is 13.2 Å². The van der Waals surface area contributed by atoms with Gasteiger partial charge >= 0.3 is 0 Å². The summed E-state index contributed by atoms with van der Waals surface area (Å²) in [6.07, 6.45) is 1.62. The molecule has 0 radical (unpaired) electrons. The van der Waals surface area contributed by atoms with Crippen LogP contribution in [-0.2, 0) is 4.79 Å². The van der Waals surface area contributed by atoms with Crippen molar-refractivity contribution in [2.75, 3.05) is 7.11 Å². The van der Waals surface area contributed by atoms with Gasteiger partial charge in [-0.1, -0.05) is 32.1 Å². The molecule has 1 aromatic rings. The maximum Gasteiger partial charge on any atom is 0.138 e. The molecule has 0 spiro atoms. The van der Waals surface area contributed by atoms with E-state index in [9.17, 15) is 9.90 Å². The molecule has 0 aromatic heterocycles. The largest absolute Gasteiger partial charge is 0.497 e. The number of rotatable bonds is 6. The number of aliphatic hydroxyl groups excluding tert-OH is 1. The predicted molar refractivity (Wildman–Crippen MR) is 77.1 cm³/mol. The number of ether oxygens (including phenoxy) is 1. The summed E-state index contributed by atoms with van der Waals surface area (Å²) in [7, 11) is 1.62. The van der Waals surface area contributed by atoms with Gasteiger partial charge in [0.1, 0.15) is 11.5 Å². The van der Waals surface area contributed by atoms with Crippen LogP contribution in [0.2, 0.25) is 0 Å². The van der Waals surface area contributed by atoms with Gasteiger partial charge in [0, 0.05) is 12.3 Å². The van der Waals surface area contributed by atoms with Crippen LogP contribution in [0.25, 0.3) is 6.08 Å². The van der Waals surface area contributed by atoms with Crippen LogP contribution in [0.15, 0.2) is 29.8 Å². The second-order valence-corrected chi connectivity index (χ2v) is 4.71. The number of carbonyl (C=O) groups is 1. The lowest BCUT2D eigenvalue weighted by Gasteiger charge is -2.18. The van der Waals surface area contributed by atoms with E-state index in [-0.39, 0.29) is 11.7 Å². The summed E-state index contributed by atoms with van der Waals surface area (Å²) in [5, 5.41) is 10.1. The van der Waals surface area contributed by atoms with E-state index in [2.05, 4.69) is 0 Å². The van der Waals surface area contributed by atoms with Gasteiger partial charge in [-0.05, 0) is 30.2 Å². The van der Waals surface area contributed by atoms with Crippen molar-refractivity contribution in [1.29, 1.82) is 0 Å². The summed E-state index contributed by atoms with van der Waals surface area (Å²) in [6, 6.07) is 7.57. The van der Waals surface area contributed by atoms with Crippen molar-refractivity contribution in [3.8, 4) is 5.75 Å². The molecule has 0 saturated heterocycles. The Morgan fingerprint density at radius 3 is 2.42 bits per heavy atom. The van der Waals surface area contributed by atoms with Gasteiger partial charge in [-0.3, -0.25) is 4.79 Å². The third-order valence-electron chi connectivity index (χ3n) is 3.31. The van der Waals surface area contributed by atoms with Crippen molar-refractivity contribution in [3.05, 3.63) is 35.4 Å². The Hall–Kier alpha value is -1.61. The zero-order valence-corrected chi connectivity index (χ0v) is 12.0. The fourth-order valence-electron chi connectivity index (χ4n) is 1.94. The molecular formula is C16H22O3. The van der Waals surface area contributed by atoms with Crippen molar-refractivity contribution in [3.63, 3.8) is 0 Å². The topological polar surface area (TPSA) is 46.5 Å². The summed E-state index contributed by atoms with van der Waals surface area (Å²) in [5.41, 5.74) is 1.77. The highest BCUT2D eigenvalue weighted by Crippen LogP contribution is 2.19. The van der Waals surface area contributed by atoms with E-state index in [1.807, 2.05) is 44.2 Å². The molecule has 104 valence electrons. The van der Waals surface area contributed by atoms with E-state index in [4.69, 9.17) is 4.74 Å². The van der Waals surface area contributed by atoms with Crippen molar-refractivity contribution in [2.45, 2.75) is 33.3 Å². The van der Waals surface area contributed by atoms with E-state index in [0.717, 1.165) is 16.9 Å². The first-order chi connectivity index (χ1) is 8.99. The first-order valence-electron chi connectivity index (χ1n) is 6.52. The fraction of sp³-hybridized carbons (Fsp3) is 0.438. The van der Waals surface area contributed by atoms with Crippen LogP contribution >= 0.6 is 0 Å². The minimum Gasteiger partial charge on any atom is -0.497 e. The highest BCUT2D eigenvalue weighted by molar-refractivity contribution is 5.81. The molecule has 0 aliphatic carbocycles. The maximum absolute atomic E-state index is 11.6. The number of methoxy groups -OCH3 is 1. The van der Waals surface area contributed by atoms with Crippen LogP contribution in [-0.4, -0.2) is 24.1 Å². The summed E-state index contributed by atoms with van der Waals surface area (Å²) in [4.78, 5) is 11.6. The standard InChI is InChI=1S/C16H22O3/c1-5-15(17)12(3)16(18)11(2)10-13-6-8-14(19-4)9-7-13/h6-10,12,16,18H,5H2,1-4H3/b11-10+/t12-,16+/m1/s1. The molecule has 3 nitrogen and oxygen atoms in total. The Bertz CT molecular complexity index is 446. The molecule has 19 heavy (non-hydrogen) atoms. The van der Waals surface area contributed by atoms with Crippen molar-refractivity contribution < 1.29 is 14.6 Å². The SMILES string of the molecule is CCC(=O)[C@@H](C)[C@@H](O)/C(C)=C/c1ccc(OC)cc1. The molecule has 2 atom stereocenters. The lowest BCUT2D eigenvalue weighted by Crippen LogP contribution is -2.26. The molecule has 0 unspecified atom stereocenters. The molecule has 0 saturated carbocycles. The normalized spacial score (nSPS) is 14.9. The van der Waals surface area contributed by atoms with Crippen LogP contribution in [0.4, 0.5) is 0 Å². The number of carbonyl (C=O) groups excluding carboxylic acids is 1. The Balaban J connectivity index is 2.82. The third kappa shape index (κ3) is 4.21. The van der Waals surface area contributed by atoms with Crippen LogP contribution in [0.1, 0.15) is 32.8 Å². The molecule has 1 N–H and O–H groups in total. The van der Waals surface area contributed by atoms with Gasteiger partial charge < -0.3 is 9.84 Å². The van der Waals surface area contributed by atoms with Gasteiger partial charge in [-0.25, -0.2) is 0 Å². The maximum atomic E-state index is 11.6. The molecule has 0 fully saturated rings. The summed E-state index contributed by atoms with van der Waals surface area (Å²) in [5.74, 6) is 0.513. The van der Waals surface area contributed by atoms with Gasteiger partial charge in [0.2, 0.25) is 0 Å². The number of ketones is 1. The zero-order valence-electron chi connectivity index (χ0n) is 12.0. The molecule has 0 amide bonds. The van der Waals surface area contributed by atoms with E-state index in [0.29, 0.717) is 6.42 Å². The smallest absolute Gasteiger partial charge is 0.138 e. The summed E-state index contributed by atoms with van der Waals surface area (Å²) < 4.78 is 5.09. The van der Waals surface area contributed by atoms with Crippen molar-refractivity contribution in [2.24, 2.45) is 5.92 Å². The average Bonchev–Trinajstić information content (AvgIpc) is 2.45. The minimum absolute atomic E-state index is 0.0787. The molecule has 0 aliphatic heterocycles. The van der Waals surface area contributed by atoms with Crippen LogP contribution in [0, 0.1) is 5.92 Å². The average molecular weight is 262 g/mol. The van der Waals surface area contributed by atoms with E-state index in [1.165, 1.54) is 0 Å². The Labute approximate surface area is 114 Å². The quantitative estimate of drug-likeness (QED) is 0.857. The Morgan fingerprint density at radius 1 is 1.37 bits per heavy atom. The lowest BCUT2D eigenvalue weighted by atomic mass is 9.92. The van der Waals surface area contributed by atoms with E-state index >= 15 is 0 Å². The fourth-order valence-corrected chi connectivity index (χ4v) is 1.94. The molecule has 0 bridgehead atoms. The molecule has 1 rings (SSSR count). The second kappa shape index (κ2) is 7.10. The van der Waals surface area contributed by atoms with E-state index in [1.54, 1.807) is 14.0 Å². The van der Waals surface area contributed by atoms with Crippen LogP contribution < -0.4 is 4.74 Å². The molecule has 3 heteroatoms. The van der Waals surface area contributed by atoms with Crippen LogP contribution in [0.3, 0.4) is 0 Å². The minimum atomic E-state index is -0.727. The second-order valence-electron chi connectivity index (χ2n) is 4.71. The van der Waals surface area contributed by atoms with Crippen molar-refractivity contribution in [1.82, 2.24) is 0 Å². The van der Waals surface area contributed by atoms with Crippen molar-refractivity contribution >= 4 is 11.9 Å². The first kappa shape index (κ1) is 15.4. The van der Waals surface area contributed by atoms with Crippen LogP contribution in [0.5, 0.6) is 5.75 Å². The Morgan fingerprint density at radius 2 is 1.95 bits per heavy atom. The number of Topliss-reactive ketones (excluding diaryl/α,β-unsaturated/α-hetero) is 1. The highest BCUT2D eigenvalue weighted by Gasteiger charge is 2.21. The molecular weight excluding hydrogens is 240 g/mol. The van der Waals surface area contributed by atoms with Gasteiger partial charge in [-0.15, -0.1) is 0 Å². The van der Waals surface area contributed by atoms with Gasteiger partial charge in [-0.2, -0.15) is 0 Å². The van der Waals surface area contributed by atoms with E-state index < -0.39 is 6.10 Å². The highest BCUT2D eigenvalue weighted by atomic mass is 16.5. The Kier molecular flexibility index (Phi) is 5.77. The monoisotopic (exact) mass is 262 g/mol. The summed E-state index contributed by atoms with van der Waals surface area (Å²) >= 11 is 0. The number of hydrogen-bond donors (Lipinski definition) is 1. The molecule has 0 heterocycles. The number of aliphatic hydroxyl groups is 1. The first-order valence-corrected chi connectivity index (χ1v) is 6.52. The third-order valence-corrected chi connectivity index (χ3v) is 3.31.